The summed E-state index contributed by atoms with van der Waals surface area (Å²) in [7, 11) is 0. The Kier molecular flexibility index (Phi) is 5.36. The van der Waals surface area contributed by atoms with Crippen LogP contribution in [0, 0.1) is 16.2 Å². The number of hydrogen-bond acceptors (Lipinski definition) is 0. The van der Waals surface area contributed by atoms with Crippen molar-refractivity contribution in [3.8, 4) is 0 Å². The van der Waals surface area contributed by atoms with Gasteiger partial charge in [-0.3, -0.25) is 0 Å². The summed E-state index contributed by atoms with van der Waals surface area (Å²) in [4.78, 5) is 0. The molecule has 0 nitrogen and oxygen atoms in total. The van der Waals surface area contributed by atoms with Crippen molar-refractivity contribution >= 4 is 0 Å². The Hall–Kier alpha value is -0.210. The third-order valence-electron chi connectivity index (χ3n) is 6.10. The van der Waals surface area contributed by atoms with Gasteiger partial charge < -0.3 is 0 Å². The molecule has 18 heavy (non-hydrogen) atoms. The van der Waals surface area contributed by atoms with Crippen LogP contribution in [0.5, 0.6) is 0 Å². The number of rotatable bonds is 6. The van der Waals surface area contributed by atoms with Crippen LogP contribution in [0.4, 0.5) is 13.2 Å². The van der Waals surface area contributed by atoms with Crippen molar-refractivity contribution in [1.82, 2.24) is 0 Å². The highest BCUT2D eigenvalue weighted by Gasteiger charge is 2.66. The SMILES string of the molecule is CCC(C)(CC)C(C)(C(F)(F)F)C(C)(CC)CC. The van der Waals surface area contributed by atoms with Crippen LogP contribution in [0.2, 0.25) is 0 Å². The van der Waals surface area contributed by atoms with Crippen molar-refractivity contribution in [2.45, 2.75) is 80.3 Å². The standard InChI is InChI=1S/C15H29F3/c1-8-12(5,9-2)14(7,15(16,17)18)13(6,10-3)11-4/h8-11H2,1-7H3. The Balaban J connectivity index is 6.05. The molecule has 0 aliphatic heterocycles. The van der Waals surface area contributed by atoms with Crippen molar-refractivity contribution < 1.29 is 13.2 Å². The average Bonchev–Trinajstić information content (AvgIpc) is 2.34. The van der Waals surface area contributed by atoms with Gasteiger partial charge in [0.25, 0.3) is 0 Å². The minimum atomic E-state index is -4.17. The molecule has 0 aliphatic carbocycles. The summed E-state index contributed by atoms with van der Waals surface area (Å²) in [5.41, 5.74) is -3.09. The highest BCUT2D eigenvalue weighted by molar-refractivity contribution is 5.05. The predicted octanol–water partition coefficient (Wildman–Crippen LogP) is 6.21. The molecule has 110 valence electrons. The van der Waals surface area contributed by atoms with Crippen molar-refractivity contribution in [3.05, 3.63) is 0 Å². The summed E-state index contributed by atoms with van der Waals surface area (Å²) < 4.78 is 41.5. The molecule has 0 atom stereocenters. The molecule has 0 unspecified atom stereocenters. The third kappa shape index (κ3) is 2.30. The van der Waals surface area contributed by atoms with Gasteiger partial charge in [-0.15, -0.1) is 0 Å². The fraction of sp³-hybridized carbons (Fsp3) is 1.00. The maximum Gasteiger partial charge on any atom is 0.395 e. The monoisotopic (exact) mass is 266 g/mol. The van der Waals surface area contributed by atoms with Gasteiger partial charge in [0.2, 0.25) is 0 Å². The predicted molar refractivity (Wildman–Crippen MR) is 71.5 cm³/mol. The van der Waals surface area contributed by atoms with Crippen LogP contribution in [0.25, 0.3) is 0 Å². The van der Waals surface area contributed by atoms with Gasteiger partial charge in [-0.2, -0.15) is 13.2 Å². The van der Waals surface area contributed by atoms with E-state index in [2.05, 4.69) is 0 Å². The molecule has 0 saturated carbocycles. The van der Waals surface area contributed by atoms with E-state index in [4.69, 9.17) is 0 Å². The highest BCUT2D eigenvalue weighted by atomic mass is 19.4. The Morgan fingerprint density at radius 2 is 0.833 bits per heavy atom. The molecule has 0 heterocycles. The lowest BCUT2D eigenvalue weighted by atomic mass is 9.49. The maximum absolute atomic E-state index is 13.8. The van der Waals surface area contributed by atoms with E-state index in [1.54, 1.807) is 13.8 Å². The molecule has 0 aliphatic rings. The second kappa shape index (κ2) is 5.42. The molecular formula is C15H29F3. The second-order valence-corrected chi connectivity index (χ2v) is 6.16. The van der Waals surface area contributed by atoms with E-state index in [1.807, 2.05) is 27.7 Å². The van der Waals surface area contributed by atoms with E-state index in [9.17, 15) is 13.2 Å². The van der Waals surface area contributed by atoms with Gasteiger partial charge in [0, 0.05) is 0 Å². The van der Waals surface area contributed by atoms with Crippen LogP contribution in [0.1, 0.15) is 74.1 Å². The number of halogens is 3. The Morgan fingerprint density at radius 1 is 0.611 bits per heavy atom. The normalized spacial score (nSPS) is 15.0. The van der Waals surface area contributed by atoms with Gasteiger partial charge in [-0.25, -0.2) is 0 Å². The Morgan fingerprint density at radius 3 is 0.944 bits per heavy atom. The Labute approximate surface area is 110 Å². The van der Waals surface area contributed by atoms with Gasteiger partial charge in [0.15, 0.2) is 0 Å². The number of alkyl halides is 3. The van der Waals surface area contributed by atoms with Crippen molar-refractivity contribution in [1.29, 1.82) is 0 Å². The second-order valence-electron chi connectivity index (χ2n) is 6.16. The molecule has 0 spiro atoms. The lowest BCUT2D eigenvalue weighted by Gasteiger charge is -2.57. The van der Waals surface area contributed by atoms with Crippen molar-refractivity contribution in [2.24, 2.45) is 16.2 Å². The van der Waals surface area contributed by atoms with Gasteiger partial charge in [-0.1, -0.05) is 41.5 Å². The average molecular weight is 266 g/mol. The highest BCUT2D eigenvalue weighted by Crippen LogP contribution is 2.65. The first kappa shape index (κ1) is 17.8. The van der Waals surface area contributed by atoms with Crippen LogP contribution >= 0.6 is 0 Å². The quantitative estimate of drug-likeness (QED) is 0.536. The topological polar surface area (TPSA) is 0 Å². The largest absolute Gasteiger partial charge is 0.395 e. The molecule has 0 aromatic carbocycles. The molecule has 0 N–H and O–H groups in total. The zero-order valence-electron chi connectivity index (χ0n) is 13.0. The van der Waals surface area contributed by atoms with E-state index in [-0.39, 0.29) is 0 Å². The summed E-state index contributed by atoms with van der Waals surface area (Å²) in [6.45, 7) is 12.5. The summed E-state index contributed by atoms with van der Waals surface area (Å²) in [6.07, 6.45) is -1.97. The van der Waals surface area contributed by atoms with E-state index in [0.29, 0.717) is 25.7 Å². The molecule has 0 aromatic rings. The zero-order chi connectivity index (χ0) is 14.8. The van der Waals surface area contributed by atoms with Gasteiger partial charge >= 0.3 is 6.18 Å². The van der Waals surface area contributed by atoms with E-state index in [0.717, 1.165) is 0 Å². The molecular weight excluding hydrogens is 237 g/mol. The van der Waals surface area contributed by atoms with Crippen LogP contribution in [-0.2, 0) is 0 Å². The molecule has 0 bridgehead atoms. The van der Waals surface area contributed by atoms with Crippen molar-refractivity contribution in [3.63, 3.8) is 0 Å². The van der Waals surface area contributed by atoms with Crippen LogP contribution in [0.15, 0.2) is 0 Å². The summed E-state index contributed by atoms with van der Waals surface area (Å²) in [5, 5.41) is 0. The first-order valence-corrected chi connectivity index (χ1v) is 7.06. The number of hydrogen-bond donors (Lipinski definition) is 0. The minimum Gasteiger partial charge on any atom is -0.170 e. The first-order valence-electron chi connectivity index (χ1n) is 7.06. The first-order chi connectivity index (χ1) is 7.99. The lowest BCUT2D eigenvalue weighted by molar-refractivity contribution is -0.301. The molecule has 0 amide bonds. The van der Waals surface area contributed by atoms with Gasteiger partial charge in [0.1, 0.15) is 0 Å². The smallest absolute Gasteiger partial charge is 0.170 e. The zero-order valence-corrected chi connectivity index (χ0v) is 13.0. The summed E-state index contributed by atoms with van der Waals surface area (Å²) >= 11 is 0. The molecule has 0 fully saturated rings. The third-order valence-corrected chi connectivity index (χ3v) is 6.10. The maximum atomic E-state index is 13.8. The van der Waals surface area contributed by atoms with Gasteiger partial charge in [-0.05, 0) is 43.4 Å². The fourth-order valence-electron chi connectivity index (χ4n) is 3.33. The fourth-order valence-corrected chi connectivity index (χ4v) is 3.33. The minimum absolute atomic E-state index is 0.551. The van der Waals surface area contributed by atoms with Gasteiger partial charge in [0.05, 0.1) is 5.41 Å². The van der Waals surface area contributed by atoms with Crippen LogP contribution < -0.4 is 0 Å². The Bertz CT molecular complexity index is 239. The molecule has 0 radical (unpaired) electrons. The van der Waals surface area contributed by atoms with E-state index >= 15 is 0 Å². The van der Waals surface area contributed by atoms with E-state index < -0.39 is 22.4 Å². The molecule has 3 heteroatoms. The van der Waals surface area contributed by atoms with Crippen molar-refractivity contribution in [2.75, 3.05) is 0 Å². The molecule has 0 rings (SSSR count). The molecule has 0 aromatic heterocycles. The van der Waals surface area contributed by atoms with Crippen LogP contribution in [-0.4, -0.2) is 6.18 Å². The van der Waals surface area contributed by atoms with E-state index in [1.165, 1.54) is 6.92 Å². The molecule has 0 saturated heterocycles. The summed E-state index contributed by atoms with van der Waals surface area (Å²) in [5.74, 6) is 0. The van der Waals surface area contributed by atoms with Crippen LogP contribution in [0.3, 0.4) is 0 Å². The lowest BCUT2D eigenvalue weighted by Crippen LogP contribution is -2.57. The summed E-state index contributed by atoms with van der Waals surface area (Å²) in [6, 6.07) is 0.